The van der Waals surface area contributed by atoms with Gasteiger partial charge in [-0.25, -0.2) is 4.98 Å². The molecule has 1 aromatic heterocycles. The molecule has 1 aliphatic heterocycles. The largest absolute Gasteiger partial charge is 0.351 e. The van der Waals surface area contributed by atoms with Gasteiger partial charge in [-0.3, -0.25) is 9.69 Å². The van der Waals surface area contributed by atoms with Gasteiger partial charge in [-0.2, -0.15) is 0 Å². The molecule has 1 amide bonds. The Balaban J connectivity index is 1.75. The van der Waals surface area contributed by atoms with E-state index in [0.717, 1.165) is 23.7 Å². The van der Waals surface area contributed by atoms with Crippen molar-refractivity contribution in [2.24, 2.45) is 0 Å². The lowest BCUT2D eigenvalue weighted by Gasteiger charge is -2.43. The zero-order valence-electron chi connectivity index (χ0n) is 11.6. The monoisotopic (exact) mass is 279 g/mol. The number of rotatable bonds is 2. The van der Waals surface area contributed by atoms with Gasteiger partial charge in [-0.15, -0.1) is 11.3 Å². The second-order valence-electron chi connectivity index (χ2n) is 5.68. The summed E-state index contributed by atoms with van der Waals surface area (Å²) in [5.41, 5.74) is 1.13. The van der Waals surface area contributed by atoms with Crippen LogP contribution in [-0.2, 0) is 11.3 Å². The predicted octanol–water partition coefficient (Wildman–Crippen LogP) is 2.00. The first-order chi connectivity index (χ1) is 9.13. The summed E-state index contributed by atoms with van der Waals surface area (Å²) >= 11 is 1.76. The minimum absolute atomic E-state index is 0.174. The van der Waals surface area contributed by atoms with Crippen LogP contribution in [0.2, 0.25) is 0 Å². The van der Waals surface area contributed by atoms with E-state index in [0.29, 0.717) is 18.6 Å². The molecule has 1 saturated carbocycles. The Labute approximate surface area is 118 Å². The van der Waals surface area contributed by atoms with Crippen LogP contribution in [0.3, 0.4) is 0 Å². The standard InChI is InChI=1S/C14H21N3OS/c1-9-10(2)19-14(15-9)8-17-7-13(18)16-11-5-3-4-6-12(11)17/h11-12H,3-8H2,1-2H3,(H,16,18)/t11-,12+/m1/s1. The van der Waals surface area contributed by atoms with Gasteiger partial charge < -0.3 is 5.32 Å². The normalized spacial score (nSPS) is 28.0. The van der Waals surface area contributed by atoms with Crippen LogP contribution in [0.25, 0.3) is 0 Å². The van der Waals surface area contributed by atoms with Crippen molar-refractivity contribution >= 4 is 17.2 Å². The maximum Gasteiger partial charge on any atom is 0.234 e. The number of aryl methyl sites for hydroxylation is 2. The summed E-state index contributed by atoms with van der Waals surface area (Å²) in [6.07, 6.45) is 4.85. The zero-order chi connectivity index (χ0) is 13.4. The zero-order valence-corrected chi connectivity index (χ0v) is 12.4. The molecule has 0 unspecified atom stereocenters. The molecule has 5 heteroatoms. The molecular weight excluding hydrogens is 258 g/mol. The van der Waals surface area contributed by atoms with E-state index in [2.05, 4.69) is 29.0 Å². The summed E-state index contributed by atoms with van der Waals surface area (Å²) in [4.78, 5) is 20.1. The van der Waals surface area contributed by atoms with Gasteiger partial charge in [0.1, 0.15) is 5.01 Å². The molecule has 0 radical (unpaired) electrons. The molecule has 4 nitrogen and oxygen atoms in total. The molecule has 2 atom stereocenters. The van der Waals surface area contributed by atoms with E-state index in [1.54, 1.807) is 11.3 Å². The number of hydrogen-bond donors (Lipinski definition) is 1. The van der Waals surface area contributed by atoms with E-state index in [-0.39, 0.29) is 5.91 Å². The van der Waals surface area contributed by atoms with Gasteiger partial charge in [-0.05, 0) is 26.7 Å². The third kappa shape index (κ3) is 2.67. The van der Waals surface area contributed by atoms with Crippen molar-refractivity contribution < 1.29 is 4.79 Å². The highest BCUT2D eigenvalue weighted by Crippen LogP contribution is 2.28. The summed E-state index contributed by atoms with van der Waals surface area (Å²) in [5, 5.41) is 4.30. The molecule has 0 spiro atoms. The molecule has 1 aromatic rings. The molecule has 2 heterocycles. The number of thiazole rings is 1. The lowest BCUT2D eigenvalue weighted by Crippen LogP contribution is -2.61. The van der Waals surface area contributed by atoms with Crippen LogP contribution in [-0.4, -0.2) is 34.4 Å². The number of fused-ring (bicyclic) bond motifs is 1. The highest BCUT2D eigenvalue weighted by molar-refractivity contribution is 7.11. The Bertz CT molecular complexity index is 466. The molecule has 2 aliphatic rings. The number of aromatic nitrogens is 1. The highest BCUT2D eigenvalue weighted by atomic mass is 32.1. The summed E-state index contributed by atoms with van der Waals surface area (Å²) in [6, 6.07) is 0.869. The number of carbonyl (C=O) groups excluding carboxylic acids is 1. The Hall–Kier alpha value is -0.940. The average molecular weight is 279 g/mol. The number of hydrogen-bond acceptors (Lipinski definition) is 4. The van der Waals surface area contributed by atoms with Crippen LogP contribution < -0.4 is 5.32 Å². The van der Waals surface area contributed by atoms with E-state index < -0.39 is 0 Å². The summed E-state index contributed by atoms with van der Waals surface area (Å²) in [5.74, 6) is 0.174. The number of nitrogens with zero attached hydrogens (tertiary/aromatic N) is 2. The van der Waals surface area contributed by atoms with Gasteiger partial charge >= 0.3 is 0 Å². The lowest BCUT2D eigenvalue weighted by atomic mass is 9.87. The molecule has 0 aromatic carbocycles. The van der Waals surface area contributed by atoms with Crippen LogP contribution in [0, 0.1) is 13.8 Å². The first kappa shape index (κ1) is 13.1. The Morgan fingerprint density at radius 3 is 2.89 bits per heavy atom. The molecule has 1 N–H and O–H groups in total. The van der Waals surface area contributed by atoms with Crippen molar-refractivity contribution in [1.82, 2.24) is 15.2 Å². The van der Waals surface area contributed by atoms with Gasteiger partial charge in [0.05, 0.1) is 18.8 Å². The van der Waals surface area contributed by atoms with Gasteiger partial charge in [0.15, 0.2) is 0 Å². The Morgan fingerprint density at radius 1 is 1.37 bits per heavy atom. The molecule has 1 saturated heterocycles. The van der Waals surface area contributed by atoms with Crippen LogP contribution in [0.1, 0.15) is 41.3 Å². The predicted molar refractivity (Wildman–Crippen MR) is 76.2 cm³/mol. The third-order valence-electron chi connectivity index (χ3n) is 4.30. The van der Waals surface area contributed by atoms with Gasteiger partial charge in [0.25, 0.3) is 0 Å². The van der Waals surface area contributed by atoms with Crippen molar-refractivity contribution in [3.05, 3.63) is 15.6 Å². The first-order valence-corrected chi connectivity index (χ1v) is 7.91. The number of piperazine rings is 1. The van der Waals surface area contributed by atoms with Gasteiger partial charge in [0.2, 0.25) is 5.91 Å². The molecule has 19 heavy (non-hydrogen) atoms. The quantitative estimate of drug-likeness (QED) is 0.900. The highest BCUT2D eigenvalue weighted by Gasteiger charge is 2.36. The second-order valence-corrected chi connectivity index (χ2v) is 6.97. The fraction of sp³-hybridized carbons (Fsp3) is 0.714. The molecule has 3 rings (SSSR count). The fourth-order valence-corrected chi connectivity index (χ4v) is 4.18. The first-order valence-electron chi connectivity index (χ1n) is 7.10. The van der Waals surface area contributed by atoms with Gasteiger partial charge in [-0.1, -0.05) is 12.8 Å². The summed E-state index contributed by atoms with van der Waals surface area (Å²) < 4.78 is 0. The van der Waals surface area contributed by atoms with E-state index in [4.69, 9.17) is 0 Å². The minimum atomic E-state index is 0.174. The Morgan fingerprint density at radius 2 is 2.16 bits per heavy atom. The number of amides is 1. The van der Waals surface area contributed by atoms with E-state index >= 15 is 0 Å². The van der Waals surface area contributed by atoms with Crippen LogP contribution >= 0.6 is 11.3 Å². The maximum absolute atomic E-state index is 11.8. The van der Waals surface area contributed by atoms with Crippen molar-refractivity contribution in [2.45, 2.75) is 58.2 Å². The third-order valence-corrected chi connectivity index (χ3v) is 5.36. The second kappa shape index (κ2) is 5.21. The number of nitrogens with one attached hydrogen (secondary N) is 1. The molecular formula is C14H21N3OS. The molecule has 0 bridgehead atoms. The van der Waals surface area contributed by atoms with E-state index in [9.17, 15) is 4.79 Å². The smallest absolute Gasteiger partial charge is 0.234 e. The van der Waals surface area contributed by atoms with Crippen LogP contribution in [0.15, 0.2) is 0 Å². The average Bonchev–Trinajstić information content (AvgIpc) is 2.68. The van der Waals surface area contributed by atoms with Crippen molar-refractivity contribution in [1.29, 1.82) is 0 Å². The number of carbonyl (C=O) groups is 1. The topological polar surface area (TPSA) is 45.2 Å². The van der Waals surface area contributed by atoms with Gasteiger partial charge in [0, 0.05) is 17.0 Å². The summed E-state index contributed by atoms with van der Waals surface area (Å²) in [6.45, 7) is 5.53. The molecule has 2 fully saturated rings. The molecule has 104 valence electrons. The van der Waals surface area contributed by atoms with Crippen molar-refractivity contribution in [2.75, 3.05) is 6.54 Å². The SMILES string of the molecule is Cc1nc(CN2CC(=O)N[C@@H]3CCCC[C@@H]32)sc1C. The van der Waals surface area contributed by atoms with Crippen LogP contribution in [0.4, 0.5) is 0 Å². The maximum atomic E-state index is 11.8. The molecule has 1 aliphatic carbocycles. The van der Waals surface area contributed by atoms with E-state index in [1.165, 1.54) is 24.1 Å². The minimum Gasteiger partial charge on any atom is -0.351 e. The fourth-order valence-electron chi connectivity index (χ4n) is 3.22. The Kier molecular flexibility index (Phi) is 3.58. The van der Waals surface area contributed by atoms with Crippen molar-refractivity contribution in [3.63, 3.8) is 0 Å². The summed E-state index contributed by atoms with van der Waals surface area (Å²) in [7, 11) is 0. The lowest BCUT2D eigenvalue weighted by molar-refractivity contribution is -0.128. The van der Waals surface area contributed by atoms with E-state index in [1.807, 2.05) is 0 Å². The van der Waals surface area contributed by atoms with Crippen LogP contribution in [0.5, 0.6) is 0 Å². The van der Waals surface area contributed by atoms with Crippen molar-refractivity contribution in [3.8, 4) is 0 Å².